The summed E-state index contributed by atoms with van der Waals surface area (Å²) in [6.07, 6.45) is -0.105. The Labute approximate surface area is 136 Å². The van der Waals surface area contributed by atoms with E-state index in [1.165, 1.54) is 0 Å². The molecule has 0 unspecified atom stereocenters. The third kappa shape index (κ3) is 3.40. The lowest BCUT2D eigenvalue weighted by molar-refractivity contribution is -0.0861. The number of rotatable bonds is 4. The molecule has 0 N–H and O–H groups in total. The van der Waals surface area contributed by atoms with E-state index in [0.29, 0.717) is 12.5 Å². The first kappa shape index (κ1) is 14.9. The highest BCUT2D eigenvalue weighted by molar-refractivity contribution is 9.09. The van der Waals surface area contributed by atoms with Crippen molar-refractivity contribution in [3.05, 3.63) is 60.2 Å². The van der Waals surface area contributed by atoms with Gasteiger partial charge in [-0.3, -0.25) is 0 Å². The first-order valence-corrected chi connectivity index (χ1v) is 7.92. The van der Waals surface area contributed by atoms with Crippen molar-refractivity contribution in [2.24, 2.45) is 0 Å². The fraction of sp³-hybridized carbons (Fsp3) is 0.250. The molecule has 3 rings (SSSR count). The first-order valence-electron chi connectivity index (χ1n) is 6.60. The second-order valence-corrected chi connectivity index (χ2v) is 6.03. The van der Waals surface area contributed by atoms with Crippen molar-refractivity contribution >= 4 is 27.5 Å². The molecule has 0 spiro atoms. The SMILES string of the molecule is ClC[C@@H]1CO[C@@](Br)(c2ccc(Oc3ccccc3)cc2)O1. The van der Waals surface area contributed by atoms with Gasteiger partial charge in [-0.1, -0.05) is 18.2 Å². The molecule has 1 aliphatic heterocycles. The smallest absolute Gasteiger partial charge is 0.254 e. The van der Waals surface area contributed by atoms with Crippen molar-refractivity contribution in [1.82, 2.24) is 0 Å². The van der Waals surface area contributed by atoms with Crippen LogP contribution in [0, 0.1) is 0 Å². The molecule has 2 aromatic rings. The van der Waals surface area contributed by atoms with Crippen LogP contribution in [0.15, 0.2) is 54.6 Å². The Kier molecular flexibility index (Phi) is 4.50. The average molecular weight is 370 g/mol. The lowest BCUT2D eigenvalue weighted by Gasteiger charge is -2.21. The van der Waals surface area contributed by atoms with Crippen LogP contribution in [-0.4, -0.2) is 18.6 Å². The lowest BCUT2D eigenvalue weighted by atomic mass is 10.2. The van der Waals surface area contributed by atoms with E-state index in [4.69, 9.17) is 25.8 Å². The quantitative estimate of drug-likeness (QED) is 0.735. The van der Waals surface area contributed by atoms with Gasteiger partial charge in [-0.2, -0.15) is 0 Å². The third-order valence-corrected chi connectivity index (χ3v) is 4.34. The van der Waals surface area contributed by atoms with Gasteiger partial charge in [0.2, 0.25) is 0 Å². The molecule has 21 heavy (non-hydrogen) atoms. The summed E-state index contributed by atoms with van der Waals surface area (Å²) < 4.78 is 16.3. The van der Waals surface area contributed by atoms with Crippen molar-refractivity contribution in [3.8, 4) is 11.5 Å². The molecule has 0 bridgehead atoms. The molecule has 0 aromatic heterocycles. The molecule has 1 fully saturated rings. The molecular weight excluding hydrogens is 356 g/mol. The van der Waals surface area contributed by atoms with Crippen LogP contribution in [0.5, 0.6) is 11.5 Å². The van der Waals surface area contributed by atoms with Gasteiger partial charge in [-0.05, 0) is 52.3 Å². The van der Waals surface area contributed by atoms with Gasteiger partial charge in [0.05, 0.1) is 18.6 Å². The summed E-state index contributed by atoms with van der Waals surface area (Å²) in [5.74, 6) is 1.96. The van der Waals surface area contributed by atoms with E-state index >= 15 is 0 Å². The Morgan fingerprint density at radius 3 is 2.38 bits per heavy atom. The lowest BCUT2D eigenvalue weighted by Crippen LogP contribution is -2.20. The number of benzene rings is 2. The first-order chi connectivity index (χ1) is 10.2. The summed E-state index contributed by atoms with van der Waals surface area (Å²) in [6.45, 7) is 0.469. The van der Waals surface area contributed by atoms with Crippen molar-refractivity contribution in [2.45, 2.75) is 10.8 Å². The number of alkyl halides is 2. The van der Waals surface area contributed by atoms with Crippen LogP contribution in [0.2, 0.25) is 0 Å². The predicted molar refractivity (Wildman–Crippen MR) is 85.1 cm³/mol. The Balaban J connectivity index is 1.72. The molecular formula is C16H14BrClO3. The molecule has 0 amide bonds. The predicted octanol–water partition coefficient (Wildman–Crippen LogP) is 4.64. The summed E-state index contributed by atoms with van der Waals surface area (Å²) in [5, 5.41) is 0. The Morgan fingerprint density at radius 1 is 1.10 bits per heavy atom. The highest BCUT2D eigenvalue weighted by Crippen LogP contribution is 2.40. The van der Waals surface area contributed by atoms with Gasteiger partial charge >= 0.3 is 0 Å². The molecule has 0 radical (unpaired) electrons. The second-order valence-electron chi connectivity index (χ2n) is 4.68. The standard InChI is InChI=1S/C16H14BrClO3/c17-16(19-11-15(10-18)21-16)12-6-8-14(9-7-12)20-13-4-2-1-3-5-13/h1-9,15H,10-11H2/t15-,16+/m1/s1. The van der Waals surface area contributed by atoms with Crippen LogP contribution in [0.1, 0.15) is 5.56 Å². The van der Waals surface area contributed by atoms with Gasteiger partial charge in [-0.25, -0.2) is 0 Å². The van der Waals surface area contributed by atoms with Crippen LogP contribution in [-0.2, 0) is 14.2 Å². The maximum Gasteiger partial charge on any atom is 0.254 e. The maximum atomic E-state index is 5.79. The molecule has 110 valence electrons. The molecule has 2 atom stereocenters. The monoisotopic (exact) mass is 368 g/mol. The maximum absolute atomic E-state index is 5.79. The minimum Gasteiger partial charge on any atom is -0.457 e. The summed E-state index contributed by atoms with van der Waals surface area (Å²) in [4.78, 5) is 0. The number of para-hydroxylation sites is 1. The van der Waals surface area contributed by atoms with Gasteiger partial charge in [0.1, 0.15) is 11.5 Å². The third-order valence-electron chi connectivity index (χ3n) is 3.12. The Morgan fingerprint density at radius 2 is 1.76 bits per heavy atom. The number of hydrogen-bond acceptors (Lipinski definition) is 3. The van der Waals surface area contributed by atoms with Gasteiger partial charge in [-0.15, -0.1) is 11.6 Å². The summed E-state index contributed by atoms with van der Waals surface area (Å²) >= 11 is 9.27. The van der Waals surface area contributed by atoms with E-state index in [2.05, 4.69) is 15.9 Å². The molecule has 5 heteroatoms. The van der Waals surface area contributed by atoms with Gasteiger partial charge in [0.15, 0.2) is 0 Å². The van der Waals surface area contributed by atoms with Crippen LogP contribution >= 0.6 is 27.5 Å². The second kappa shape index (κ2) is 6.36. The van der Waals surface area contributed by atoms with Crippen LogP contribution < -0.4 is 4.74 Å². The van der Waals surface area contributed by atoms with Crippen LogP contribution in [0.4, 0.5) is 0 Å². The highest BCUT2D eigenvalue weighted by atomic mass is 79.9. The van der Waals surface area contributed by atoms with E-state index in [1.807, 2.05) is 54.6 Å². The number of halogens is 2. The zero-order chi connectivity index (χ0) is 14.7. The highest BCUT2D eigenvalue weighted by Gasteiger charge is 2.40. The Hall–Kier alpha value is -1.07. The van der Waals surface area contributed by atoms with E-state index in [9.17, 15) is 0 Å². The fourth-order valence-electron chi connectivity index (χ4n) is 2.06. The van der Waals surface area contributed by atoms with Crippen molar-refractivity contribution in [1.29, 1.82) is 0 Å². The average Bonchev–Trinajstić information content (AvgIpc) is 2.92. The molecule has 2 aromatic carbocycles. The number of ether oxygens (including phenoxy) is 3. The van der Waals surface area contributed by atoms with E-state index in [0.717, 1.165) is 17.1 Å². The summed E-state index contributed by atoms with van der Waals surface area (Å²) in [5.41, 5.74) is 0.871. The minimum absolute atomic E-state index is 0.105. The van der Waals surface area contributed by atoms with Gasteiger partial charge in [0, 0.05) is 5.56 Å². The van der Waals surface area contributed by atoms with Crippen molar-refractivity contribution in [3.63, 3.8) is 0 Å². The van der Waals surface area contributed by atoms with Crippen LogP contribution in [0.25, 0.3) is 0 Å². The zero-order valence-electron chi connectivity index (χ0n) is 11.2. The molecule has 1 heterocycles. The van der Waals surface area contributed by atoms with Crippen molar-refractivity contribution < 1.29 is 14.2 Å². The van der Waals surface area contributed by atoms with E-state index in [-0.39, 0.29) is 6.10 Å². The largest absolute Gasteiger partial charge is 0.457 e. The van der Waals surface area contributed by atoms with Crippen LogP contribution in [0.3, 0.4) is 0 Å². The zero-order valence-corrected chi connectivity index (χ0v) is 13.5. The van der Waals surface area contributed by atoms with Gasteiger partial charge in [0.25, 0.3) is 4.70 Å². The number of hydrogen-bond donors (Lipinski definition) is 0. The van der Waals surface area contributed by atoms with Gasteiger partial charge < -0.3 is 14.2 Å². The summed E-state index contributed by atoms with van der Waals surface area (Å²) in [6, 6.07) is 17.2. The summed E-state index contributed by atoms with van der Waals surface area (Å²) in [7, 11) is 0. The molecule has 3 nitrogen and oxygen atoms in total. The van der Waals surface area contributed by atoms with E-state index < -0.39 is 4.70 Å². The molecule has 1 aliphatic rings. The topological polar surface area (TPSA) is 27.7 Å². The van der Waals surface area contributed by atoms with E-state index in [1.54, 1.807) is 0 Å². The molecule has 1 saturated heterocycles. The molecule has 0 aliphatic carbocycles. The Bertz CT molecular complexity index is 590. The molecule has 0 saturated carbocycles. The fourth-order valence-corrected chi connectivity index (χ4v) is 2.87. The van der Waals surface area contributed by atoms with Crippen molar-refractivity contribution in [2.75, 3.05) is 12.5 Å². The normalized spacial score (nSPS) is 25.0. The minimum atomic E-state index is -0.919.